The Kier molecular flexibility index (Phi) is 6.80. The molecule has 1 aromatic rings. The number of hydrogen-bond acceptors (Lipinski definition) is 5. The van der Waals surface area contributed by atoms with Crippen molar-refractivity contribution in [2.45, 2.75) is 39.8 Å². The van der Waals surface area contributed by atoms with E-state index in [1.807, 2.05) is 0 Å². The summed E-state index contributed by atoms with van der Waals surface area (Å²) in [6.07, 6.45) is 2.81. The van der Waals surface area contributed by atoms with Crippen LogP contribution in [0.1, 0.15) is 32.4 Å². The summed E-state index contributed by atoms with van der Waals surface area (Å²) in [5, 5.41) is 18.8. The van der Waals surface area contributed by atoms with Gasteiger partial charge in [-0.25, -0.2) is 4.68 Å². The zero-order valence-corrected chi connectivity index (χ0v) is 12.5. The van der Waals surface area contributed by atoms with Crippen molar-refractivity contribution >= 4 is 11.9 Å². The molecule has 0 aliphatic rings. The van der Waals surface area contributed by atoms with Crippen molar-refractivity contribution in [3.8, 4) is 0 Å². The molecule has 1 amide bonds. The summed E-state index contributed by atoms with van der Waals surface area (Å²) >= 11 is 0. The Bertz CT molecular complexity index is 472. The summed E-state index contributed by atoms with van der Waals surface area (Å²) < 4.78 is 1.21. The van der Waals surface area contributed by atoms with Crippen molar-refractivity contribution in [1.82, 2.24) is 20.3 Å². The Labute approximate surface area is 123 Å². The fourth-order valence-electron chi connectivity index (χ4n) is 2.09. The van der Waals surface area contributed by atoms with Crippen molar-refractivity contribution < 1.29 is 14.7 Å². The van der Waals surface area contributed by atoms with Crippen molar-refractivity contribution in [2.24, 2.45) is 17.6 Å². The quantitative estimate of drug-likeness (QED) is 0.589. The average Bonchev–Trinajstić information content (AvgIpc) is 2.81. The van der Waals surface area contributed by atoms with E-state index in [0.29, 0.717) is 24.6 Å². The minimum absolute atomic E-state index is 0.0844. The van der Waals surface area contributed by atoms with Crippen LogP contribution in [0, 0.1) is 11.8 Å². The predicted octanol–water partition coefficient (Wildman–Crippen LogP) is -0.01000. The average molecular weight is 297 g/mol. The number of rotatable bonds is 9. The lowest BCUT2D eigenvalue weighted by Gasteiger charge is -2.16. The Morgan fingerprint density at radius 1 is 1.48 bits per heavy atom. The third kappa shape index (κ3) is 6.84. The topological polar surface area (TPSA) is 123 Å². The van der Waals surface area contributed by atoms with Gasteiger partial charge in [0.1, 0.15) is 12.2 Å². The molecular weight excluding hydrogens is 274 g/mol. The van der Waals surface area contributed by atoms with Crippen LogP contribution in [0.15, 0.2) is 6.20 Å². The van der Waals surface area contributed by atoms with Crippen molar-refractivity contribution in [2.75, 3.05) is 6.54 Å². The van der Waals surface area contributed by atoms with Gasteiger partial charge >= 0.3 is 5.97 Å². The highest BCUT2D eigenvalue weighted by molar-refractivity contribution is 5.76. The minimum Gasteiger partial charge on any atom is -0.480 e. The molecule has 0 saturated heterocycles. The van der Waals surface area contributed by atoms with Crippen LogP contribution in [0.2, 0.25) is 0 Å². The molecule has 8 heteroatoms. The largest absolute Gasteiger partial charge is 0.480 e. The number of hydrogen-bond donors (Lipinski definition) is 3. The molecule has 4 N–H and O–H groups in total. The molecule has 0 saturated carbocycles. The van der Waals surface area contributed by atoms with Crippen LogP contribution in [0.25, 0.3) is 0 Å². The van der Waals surface area contributed by atoms with E-state index in [9.17, 15) is 9.59 Å². The molecule has 0 spiro atoms. The van der Waals surface area contributed by atoms with Crippen LogP contribution >= 0.6 is 0 Å². The number of nitrogens with zero attached hydrogens (tertiary/aromatic N) is 3. The van der Waals surface area contributed by atoms with Crippen molar-refractivity contribution in [3.05, 3.63) is 11.9 Å². The maximum absolute atomic E-state index is 11.8. The van der Waals surface area contributed by atoms with Gasteiger partial charge in [-0.15, -0.1) is 5.10 Å². The standard InChI is InChI=1S/C13H23N5O3/c1-9(2)3-10(5-14)4-12(19)15-6-11-7-18(17-16-11)8-13(20)21/h7,9-10H,3-6,8,14H2,1-2H3,(H,15,19)(H,20,21). The first-order chi connectivity index (χ1) is 9.90. The third-order valence-corrected chi connectivity index (χ3v) is 2.96. The smallest absolute Gasteiger partial charge is 0.325 e. The monoisotopic (exact) mass is 297 g/mol. The molecule has 1 atom stereocenters. The maximum atomic E-state index is 11.8. The van der Waals surface area contributed by atoms with E-state index >= 15 is 0 Å². The van der Waals surface area contributed by atoms with E-state index in [0.717, 1.165) is 6.42 Å². The maximum Gasteiger partial charge on any atom is 0.325 e. The molecular formula is C13H23N5O3. The van der Waals surface area contributed by atoms with Crippen molar-refractivity contribution in [1.29, 1.82) is 0 Å². The van der Waals surface area contributed by atoms with Gasteiger partial charge < -0.3 is 16.2 Å². The molecule has 0 aromatic carbocycles. The lowest BCUT2D eigenvalue weighted by molar-refractivity contribution is -0.138. The first kappa shape index (κ1) is 17.1. The Morgan fingerprint density at radius 3 is 2.76 bits per heavy atom. The summed E-state index contributed by atoms with van der Waals surface area (Å²) in [5.41, 5.74) is 6.19. The minimum atomic E-state index is -0.991. The Morgan fingerprint density at radius 2 is 2.19 bits per heavy atom. The summed E-state index contributed by atoms with van der Waals surface area (Å²) in [7, 11) is 0. The molecule has 0 aliphatic carbocycles. The summed E-state index contributed by atoms with van der Waals surface area (Å²) in [5.74, 6) is -0.399. The molecule has 8 nitrogen and oxygen atoms in total. The molecule has 21 heavy (non-hydrogen) atoms. The molecule has 0 radical (unpaired) electrons. The number of nitrogens with two attached hydrogens (primary N) is 1. The number of carboxylic acids is 1. The number of amides is 1. The van der Waals surface area contributed by atoms with Crippen LogP contribution in [0.3, 0.4) is 0 Å². The number of carbonyl (C=O) groups excluding carboxylic acids is 1. The molecule has 0 fully saturated rings. The lowest BCUT2D eigenvalue weighted by atomic mass is 9.94. The molecule has 0 aliphatic heterocycles. The number of aromatic nitrogens is 3. The first-order valence-corrected chi connectivity index (χ1v) is 6.98. The predicted molar refractivity (Wildman–Crippen MR) is 76.1 cm³/mol. The molecule has 1 rings (SSSR count). The van der Waals surface area contributed by atoms with Crippen LogP contribution in [0.4, 0.5) is 0 Å². The highest BCUT2D eigenvalue weighted by Gasteiger charge is 2.14. The molecule has 0 bridgehead atoms. The fraction of sp³-hybridized carbons (Fsp3) is 0.692. The number of aliphatic carboxylic acids is 1. The zero-order chi connectivity index (χ0) is 15.8. The van der Waals surface area contributed by atoms with Gasteiger partial charge in [0.15, 0.2) is 0 Å². The summed E-state index contributed by atoms with van der Waals surface area (Å²) in [6.45, 7) is 4.67. The van der Waals surface area contributed by atoms with E-state index in [4.69, 9.17) is 10.8 Å². The fourth-order valence-corrected chi connectivity index (χ4v) is 2.09. The second-order valence-corrected chi connectivity index (χ2v) is 5.51. The normalized spacial score (nSPS) is 12.4. The van der Waals surface area contributed by atoms with Crippen LogP contribution in [0.5, 0.6) is 0 Å². The molecule has 118 valence electrons. The highest BCUT2D eigenvalue weighted by atomic mass is 16.4. The first-order valence-electron chi connectivity index (χ1n) is 6.98. The van der Waals surface area contributed by atoms with Gasteiger partial charge in [-0.2, -0.15) is 0 Å². The van der Waals surface area contributed by atoms with E-state index in [1.54, 1.807) is 0 Å². The van der Waals surface area contributed by atoms with Crippen LogP contribution in [-0.4, -0.2) is 38.5 Å². The molecule has 1 aromatic heterocycles. The summed E-state index contributed by atoms with van der Waals surface area (Å²) in [4.78, 5) is 22.4. The van der Waals surface area contributed by atoms with E-state index in [1.165, 1.54) is 10.9 Å². The van der Waals surface area contributed by atoms with Crippen molar-refractivity contribution in [3.63, 3.8) is 0 Å². The van der Waals surface area contributed by atoms with Crippen LogP contribution in [-0.2, 0) is 22.7 Å². The zero-order valence-electron chi connectivity index (χ0n) is 12.5. The number of nitrogens with one attached hydrogen (secondary N) is 1. The van der Waals surface area contributed by atoms with E-state index in [-0.39, 0.29) is 24.9 Å². The second kappa shape index (κ2) is 8.35. The van der Waals surface area contributed by atoms with Gasteiger partial charge in [0.25, 0.3) is 0 Å². The van der Waals surface area contributed by atoms with E-state index in [2.05, 4.69) is 29.5 Å². The van der Waals surface area contributed by atoms with Gasteiger partial charge in [-0.1, -0.05) is 19.1 Å². The summed E-state index contributed by atoms with van der Waals surface area (Å²) in [6, 6.07) is 0. The number of carboxylic acid groups (broad SMARTS) is 1. The van der Waals surface area contributed by atoms with Crippen LogP contribution < -0.4 is 11.1 Å². The van der Waals surface area contributed by atoms with Gasteiger partial charge in [-0.3, -0.25) is 9.59 Å². The van der Waals surface area contributed by atoms with Gasteiger partial charge in [0.2, 0.25) is 5.91 Å². The second-order valence-electron chi connectivity index (χ2n) is 5.51. The third-order valence-electron chi connectivity index (χ3n) is 2.96. The van der Waals surface area contributed by atoms with Gasteiger partial charge in [0.05, 0.1) is 12.7 Å². The Balaban J connectivity index is 2.38. The van der Waals surface area contributed by atoms with Gasteiger partial charge in [0, 0.05) is 6.42 Å². The van der Waals surface area contributed by atoms with Gasteiger partial charge in [-0.05, 0) is 24.8 Å². The molecule has 1 unspecified atom stereocenters. The van der Waals surface area contributed by atoms with E-state index < -0.39 is 5.97 Å². The molecule has 1 heterocycles. The SMILES string of the molecule is CC(C)CC(CN)CC(=O)NCc1cn(CC(=O)O)nn1. The highest BCUT2D eigenvalue weighted by Crippen LogP contribution is 2.14. The number of carbonyl (C=O) groups is 2. The Hall–Kier alpha value is -1.96. The lowest BCUT2D eigenvalue weighted by Crippen LogP contribution is -2.28.